The summed E-state index contributed by atoms with van der Waals surface area (Å²) in [6, 6.07) is 5.92. The van der Waals surface area contributed by atoms with Gasteiger partial charge in [-0.15, -0.1) is 0 Å². The van der Waals surface area contributed by atoms with Gasteiger partial charge in [-0.1, -0.05) is 37.0 Å². The SMILES string of the molecule is Cc1ccc(OC(=O)C2CCCCC2)c(C)c1. The van der Waals surface area contributed by atoms with Crippen molar-refractivity contribution in [1.29, 1.82) is 0 Å². The quantitative estimate of drug-likeness (QED) is 0.573. The molecule has 0 unspecified atom stereocenters. The molecule has 0 aliphatic heterocycles. The van der Waals surface area contributed by atoms with Crippen LogP contribution in [0.2, 0.25) is 0 Å². The summed E-state index contributed by atoms with van der Waals surface area (Å²) < 4.78 is 5.50. The van der Waals surface area contributed by atoms with Crippen molar-refractivity contribution in [2.75, 3.05) is 0 Å². The van der Waals surface area contributed by atoms with Gasteiger partial charge in [0.1, 0.15) is 5.75 Å². The molecule has 0 bridgehead atoms. The minimum Gasteiger partial charge on any atom is -0.426 e. The zero-order valence-electron chi connectivity index (χ0n) is 10.7. The van der Waals surface area contributed by atoms with Crippen LogP contribution >= 0.6 is 0 Å². The van der Waals surface area contributed by atoms with Crippen molar-refractivity contribution in [3.8, 4) is 5.75 Å². The summed E-state index contributed by atoms with van der Waals surface area (Å²) in [5.41, 5.74) is 2.23. The van der Waals surface area contributed by atoms with Crippen LogP contribution in [-0.4, -0.2) is 5.97 Å². The van der Waals surface area contributed by atoms with Crippen molar-refractivity contribution in [2.45, 2.75) is 46.0 Å². The fraction of sp³-hybridized carbons (Fsp3) is 0.533. The second-order valence-electron chi connectivity index (χ2n) is 5.02. The number of hydrogen-bond acceptors (Lipinski definition) is 2. The molecule has 92 valence electrons. The van der Waals surface area contributed by atoms with Crippen molar-refractivity contribution < 1.29 is 9.53 Å². The Morgan fingerprint density at radius 1 is 1.18 bits per heavy atom. The summed E-state index contributed by atoms with van der Waals surface area (Å²) in [6.45, 7) is 4.02. The Bertz CT molecular complexity index is 403. The van der Waals surface area contributed by atoms with Gasteiger partial charge >= 0.3 is 5.97 Å². The van der Waals surface area contributed by atoms with Crippen molar-refractivity contribution in [3.05, 3.63) is 29.3 Å². The Balaban J connectivity index is 2.02. The lowest BCUT2D eigenvalue weighted by Gasteiger charge is -2.20. The maximum absolute atomic E-state index is 12.0. The number of carbonyl (C=O) groups is 1. The third kappa shape index (κ3) is 3.09. The molecule has 0 saturated heterocycles. The Kier molecular flexibility index (Phi) is 3.82. The molecule has 1 aromatic carbocycles. The highest BCUT2D eigenvalue weighted by molar-refractivity contribution is 5.75. The summed E-state index contributed by atoms with van der Waals surface area (Å²) in [4.78, 5) is 12.0. The summed E-state index contributed by atoms with van der Waals surface area (Å²) >= 11 is 0. The van der Waals surface area contributed by atoms with Crippen LogP contribution in [0.3, 0.4) is 0 Å². The van der Waals surface area contributed by atoms with Gasteiger partial charge in [0.05, 0.1) is 5.92 Å². The number of rotatable bonds is 2. The highest BCUT2D eigenvalue weighted by Gasteiger charge is 2.23. The van der Waals surface area contributed by atoms with Crippen LogP contribution < -0.4 is 4.74 Å². The van der Waals surface area contributed by atoms with Crippen molar-refractivity contribution in [1.82, 2.24) is 0 Å². The first-order valence-corrected chi connectivity index (χ1v) is 6.46. The van der Waals surface area contributed by atoms with E-state index < -0.39 is 0 Å². The van der Waals surface area contributed by atoms with Crippen LogP contribution in [0.25, 0.3) is 0 Å². The molecule has 1 aliphatic carbocycles. The average Bonchev–Trinajstić information content (AvgIpc) is 2.34. The molecule has 0 amide bonds. The van der Waals surface area contributed by atoms with Crippen molar-refractivity contribution in [3.63, 3.8) is 0 Å². The smallest absolute Gasteiger partial charge is 0.314 e. The Morgan fingerprint density at radius 2 is 1.88 bits per heavy atom. The summed E-state index contributed by atoms with van der Waals surface area (Å²) in [5, 5.41) is 0. The molecular weight excluding hydrogens is 212 g/mol. The molecule has 0 aromatic heterocycles. The van der Waals surface area contributed by atoms with E-state index in [0.29, 0.717) is 5.75 Å². The van der Waals surface area contributed by atoms with Crippen molar-refractivity contribution >= 4 is 5.97 Å². The Hall–Kier alpha value is -1.31. The first-order chi connectivity index (χ1) is 8.16. The van der Waals surface area contributed by atoms with Gasteiger partial charge in [0.15, 0.2) is 0 Å². The van der Waals surface area contributed by atoms with Crippen LogP contribution in [0.4, 0.5) is 0 Å². The monoisotopic (exact) mass is 232 g/mol. The standard InChI is InChI=1S/C15H20O2/c1-11-8-9-14(12(2)10-11)17-15(16)13-6-4-3-5-7-13/h8-10,13H,3-7H2,1-2H3. The van der Waals surface area contributed by atoms with Crippen LogP contribution in [0, 0.1) is 19.8 Å². The second kappa shape index (κ2) is 5.35. The second-order valence-corrected chi connectivity index (χ2v) is 5.02. The fourth-order valence-corrected chi connectivity index (χ4v) is 2.44. The van der Waals surface area contributed by atoms with Crippen LogP contribution in [-0.2, 0) is 4.79 Å². The van der Waals surface area contributed by atoms with Crippen molar-refractivity contribution in [2.24, 2.45) is 5.92 Å². The van der Waals surface area contributed by atoms with Gasteiger partial charge < -0.3 is 4.74 Å². The highest BCUT2D eigenvalue weighted by atomic mass is 16.5. The van der Waals surface area contributed by atoms with Gasteiger partial charge in [-0.25, -0.2) is 0 Å². The van der Waals surface area contributed by atoms with Crippen LogP contribution in [0.15, 0.2) is 18.2 Å². The average molecular weight is 232 g/mol. The topological polar surface area (TPSA) is 26.3 Å². The van der Waals surface area contributed by atoms with E-state index in [2.05, 4.69) is 0 Å². The zero-order valence-corrected chi connectivity index (χ0v) is 10.7. The Labute approximate surface area is 103 Å². The first kappa shape index (κ1) is 12.2. The lowest BCUT2D eigenvalue weighted by Crippen LogP contribution is -2.23. The summed E-state index contributed by atoms with van der Waals surface area (Å²) in [7, 11) is 0. The van der Waals surface area contributed by atoms with Gasteiger partial charge in [0, 0.05) is 0 Å². The van der Waals surface area contributed by atoms with E-state index in [9.17, 15) is 4.79 Å². The summed E-state index contributed by atoms with van der Waals surface area (Å²) in [5.74, 6) is 0.785. The molecule has 0 spiro atoms. The van der Waals surface area contributed by atoms with Gasteiger partial charge in [-0.2, -0.15) is 0 Å². The molecule has 0 atom stereocenters. The van der Waals surface area contributed by atoms with Gasteiger partial charge in [0.2, 0.25) is 0 Å². The normalized spacial score (nSPS) is 16.8. The van der Waals surface area contributed by atoms with E-state index in [1.54, 1.807) is 0 Å². The van der Waals surface area contributed by atoms with Crippen LogP contribution in [0.5, 0.6) is 5.75 Å². The van der Waals surface area contributed by atoms with Gasteiger partial charge in [-0.05, 0) is 38.3 Å². The van der Waals surface area contributed by atoms with E-state index in [-0.39, 0.29) is 11.9 Å². The molecule has 2 heteroatoms. The fourth-order valence-electron chi connectivity index (χ4n) is 2.44. The largest absolute Gasteiger partial charge is 0.426 e. The number of benzene rings is 1. The van der Waals surface area contributed by atoms with E-state index in [1.807, 2.05) is 32.0 Å². The maximum atomic E-state index is 12.0. The molecule has 1 fully saturated rings. The third-order valence-electron chi connectivity index (χ3n) is 3.48. The molecule has 2 rings (SSSR count). The van der Waals surface area contributed by atoms with Gasteiger partial charge in [-0.3, -0.25) is 4.79 Å². The van der Waals surface area contributed by atoms with Gasteiger partial charge in [0.25, 0.3) is 0 Å². The predicted molar refractivity (Wildman–Crippen MR) is 68.1 cm³/mol. The maximum Gasteiger partial charge on any atom is 0.314 e. The number of esters is 1. The molecule has 2 nitrogen and oxygen atoms in total. The van der Waals surface area contributed by atoms with E-state index in [4.69, 9.17) is 4.74 Å². The number of hydrogen-bond donors (Lipinski definition) is 0. The molecule has 0 N–H and O–H groups in total. The molecule has 17 heavy (non-hydrogen) atoms. The molecule has 1 saturated carbocycles. The predicted octanol–water partition coefficient (Wildman–Crippen LogP) is 3.79. The third-order valence-corrected chi connectivity index (χ3v) is 3.48. The molecule has 1 aliphatic rings. The number of ether oxygens (including phenoxy) is 1. The Morgan fingerprint density at radius 3 is 2.53 bits per heavy atom. The minimum absolute atomic E-state index is 0.0448. The summed E-state index contributed by atoms with van der Waals surface area (Å²) in [6.07, 6.45) is 5.56. The van der Waals surface area contributed by atoms with E-state index in [0.717, 1.165) is 31.2 Å². The minimum atomic E-state index is -0.0448. The van der Waals surface area contributed by atoms with E-state index in [1.165, 1.54) is 12.0 Å². The molecule has 1 aromatic rings. The number of aryl methyl sites for hydroxylation is 2. The zero-order chi connectivity index (χ0) is 12.3. The lowest BCUT2D eigenvalue weighted by molar-refractivity contribution is -0.140. The first-order valence-electron chi connectivity index (χ1n) is 6.46. The number of carbonyl (C=O) groups excluding carboxylic acids is 1. The van der Waals surface area contributed by atoms with E-state index >= 15 is 0 Å². The van der Waals surface area contributed by atoms with Crippen LogP contribution in [0.1, 0.15) is 43.2 Å². The highest BCUT2D eigenvalue weighted by Crippen LogP contribution is 2.26. The molecule has 0 heterocycles. The molecule has 0 radical (unpaired) electrons. The molecular formula is C15H20O2. The lowest BCUT2D eigenvalue weighted by atomic mass is 9.89.